The number of imide groups is 1. The molecule has 3 N–H and O–H groups in total. The van der Waals surface area contributed by atoms with Crippen LogP contribution in [0.15, 0.2) is 24.4 Å². The van der Waals surface area contributed by atoms with Gasteiger partial charge < -0.3 is 10.2 Å². The van der Waals surface area contributed by atoms with Crippen LogP contribution in [0.3, 0.4) is 0 Å². The molecule has 2 fully saturated rings. The summed E-state index contributed by atoms with van der Waals surface area (Å²) in [5.41, 5.74) is 0. The van der Waals surface area contributed by atoms with Gasteiger partial charge in [0, 0.05) is 19.2 Å². The van der Waals surface area contributed by atoms with E-state index in [0.717, 1.165) is 32.0 Å². The van der Waals surface area contributed by atoms with E-state index >= 15 is 0 Å². The summed E-state index contributed by atoms with van der Waals surface area (Å²) < 4.78 is 0. The number of hydrogen-bond donors (Lipinski definition) is 2. The van der Waals surface area contributed by atoms with Crippen LogP contribution in [0.2, 0.25) is 0 Å². The maximum atomic E-state index is 12.1. The van der Waals surface area contributed by atoms with Crippen molar-refractivity contribution in [1.29, 1.82) is 0 Å². The number of pyridine rings is 1. The van der Waals surface area contributed by atoms with Gasteiger partial charge in [-0.15, -0.1) is 0 Å². The fourth-order valence-corrected chi connectivity index (χ4v) is 2.84. The molecule has 3 heterocycles. The first kappa shape index (κ1) is 13.8. The zero-order valence-corrected chi connectivity index (χ0v) is 12.0. The summed E-state index contributed by atoms with van der Waals surface area (Å²) in [4.78, 5) is 31.7. The molecule has 0 spiro atoms. The number of nitrogens with one attached hydrogen (secondary N) is 3. The second kappa shape index (κ2) is 6.09. The number of anilines is 1. The maximum Gasteiger partial charge on any atom is 0.324 e. The van der Waals surface area contributed by atoms with Crippen LogP contribution in [-0.4, -0.2) is 62.7 Å². The molecule has 0 unspecified atom stereocenters. The minimum atomic E-state index is -0.253. The largest absolute Gasteiger partial charge is 0.336 e. The Morgan fingerprint density at radius 2 is 2.10 bits per heavy atom. The first-order chi connectivity index (χ1) is 10.2. The normalized spacial score (nSPS) is 19.7. The Morgan fingerprint density at radius 3 is 2.71 bits per heavy atom. The number of hydrogen-bond acceptors (Lipinski definition) is 3. The molecule has 0 atom stereocenters. The third-order valence-corrected chi connectivity index (χ3v) is 4.06. The molecule has 0 aliphatic carbocycles. The van der Waals surface area contributed by atoms with Gasteiger partial charge in [0.05, 0.1) is 6.20 Å². The molecule has 1 aromatic heterocycles. The van der Waals surface area contributed by atoms with Gasteiger partial charge >= 0.3 is 6.03 Å². The van der Waals surface area contributed by atoms with Crippen LogP contribution in [0.4, 0.5) is 10.6 Å². The second-order valence-corrected chi connectivity index (χ2v) is 5.44. The molecule has 1 aromatic rings. The Balaban J connectivity index is 1.50. The highest BCUT2D eigenvalue weighted by molar-refractivity contribution is 5.96. The SMILES string of the molecule is O=C(C[NH+]1CCN(c2cccc[nH+]2)CC1)N1CCNC1=O. The lowest BCUT2D eigenvalue weighted by Gasteiger charge is -2.28. The summed E-state index contributed by atoms with van der Waals surface area (Å²) >= 11 is 0. The Hall–Kier alpha value is -2.15. The smallest absolute Gasteiger partial charge is 0.324 e. The number of carbonyl (C=O) groups is 2. The van der Waals surface area contributed by atoms with Gasteiger partial charge in [-0.3, -0.25) is 14.6 Å². The van der Waals surface area contributed by atoms with E-state index in [4.69, 9.17) is 0 Å². The van der Waals surface area contributed by atoms with Crippen molar-refractivity contribution in [2.75, 3.05) is 50.7 Å². The molecule has 7 nitrogen and oxygen atoms in total. The molecule has 0 saturated carbocycles. The lowest BCUT2D eigenvalue weighted by molar-refractivity contribution is -0.892. The summed E-state index contributed by atoms with van der Waals surface area (Å²) in [5, 5.41) is 2.66. The van der Waals surface area contributed by atoms with Gasteiger partial charge in [0.15, 0.2) is 6.54 Å². The predicted octanol–water partition coefficient (Wildman–Crippen LogP) is -2.24. The Labute approximate surface area is 123 Å². The number of rotatable bonds is 3. The molecule has 112 valence electrons. The monoisotopic (exact) mass is 291 g/mol. The second-order valence-electron chi connectivity index (χ2n) is 5.44. The number of piperazine rings is 1. The Bertz CT molecular complexity index is 513. The lowest BCUT2D eigenvalue weighted by atomic mass is 10.3. The summed E-state index contributed by atoms with van der Waals surface area (Å²) in [5.74, 6) is 1.04. The Morgan fingerprint density at radius 1 is 1.29 bits per heavy atom. The van der Waals surface area contributed by atoms with Gasteiger partial charge in [0.1, 0.15) is 26.2 Å². The van der Waals surface area contributed by atoms with Crippen molar-refractivity contribution in [2.24, 2.45) is 0 Å². The molecule has 0 radical (unpaired) electrons. The van der Waals surface area contributed by atoms with Gasteiger partial charge in [-0.05, 0) is 6.07 Å². The number of aromatic amines is 1. The standard InChI is InChI=1S/C14H19N5O2/c20-13(19-6-5-16-14(19)21)11-17-7-9-18(10-8-17)12-3-1-2-4-15-12/h1-4H,5-11H2,(H,16,21)/p+2. The van der Waals surface area contributed by atoms with Crippen molar-refractivity contribution in [1.82, 2.24) is 10.2 Å². The number of carbonyl (C=O) groups excluding carboxylic acids is 2. The van der Waals surface area contributed by atoms with Crippen molar-refractivity contribution in [3.8, 4) is 0 Å². The van der Waals surface area contributed by atoms with Crippen LogP contribution in [-0.2, 0) is 4.79 Å². The number of quaternary nitrogens is 1. The lowest BCUT2D eigenvalue weighted by Crippen LogP contribution is -3.16. The van der Waals surface area contributed by atoms with Crippen LogP contribution >= 0.6 is 0 Å². The highest BCUT2D eigenvalue weighted by Gasteiger charge is 2.32. The van der Waals surface area contributed by atoms with E-state index in [1.807, 2.05) is 18.3 Å². The fourth-order valence-electron chi connectivity index (χ4n) is 2.84. The van der Waals surface area contributed by atoms with E-state index < -0.39 is 0 Å². The van der Waals surface area contributed by atoms with E-state index in [1.54, 1.807) is 0 Å². The highest BCUT2D eigenvalue weighted by Crippen LogP contribution is 2.04. The van der Waals surface area contributed by atoms with Gasteiger partial charge in [-0.2, -0.15) is 0 Å². The quantitative estimate of drug-likeness (QED) is 0.661. The molecule has 0 bridgehead atoms. The first-order valence-electron chi connectivity index (χ1n) is 7.37. The van der Waals surface area contributed by atoms with Crippen LogP contribution in [0, 0.1) is 0 Å². The third-order valence-electron chi connectivity index (χ3n) is 4.06. The molecular weight excluding hydrogens is 270 g/mol. The summed E-state index contributed by atoms with van der Waals surface area (Å²) in [7, 11) is 0. The first-order valence-corrected chi connectivity index (χ1v) is 7.37. The van der Waals surface area contributed by atoms with Crippen LogP contribution in [0.1, 0.15) is 0 Å². The van der Waals surface area contributed by atoms with Gasteiger partial charge in [0.2, 0.25) is 0 Å². The van der Waals surface area contributed by atoms with Crippen LogP contribution in [0.25, 0.3) is 0 Å². The summed E-state index contributed by atoms with van der Waals surface area (Å²) in [6, 6.07) is 5.78. The predicted molar refractivity (Wildman–Crippen MR) is 75.9 cm³/mol. The number of urea groups is 1. The highest BCUT2D eigenvalue weighted by atomic mass is 16.2. The van der Waals surface area contributed by atoms with E-state index in [1.165, 1.54) is 9.80 Å². The zero-order chi connectivity index (χ0) is 14.7. The number of aromatic nitrogens is 1. The van der Waals surface area contributed by atoms with Crippen molar-refractivity contribution in [3.63, 3.8) is 0 Å². The number of nitrogens with zero attached hydrogens (tertiary/aromatic N) is 2. The molecule has 3 amide bonds. The van der Waals surface area contributed by atoms with Gasteiger partial charge in [0.25, 0.3) is 11.7 Å². The molecule has 21 heavy (non-hydrogen) atoms. The minimum absolute atomic E-state index is 0.0697. The molecular formula is C14H21N5O2+2. The average molecular weight is 291 g/mol. The molecule has 2 aliphatic heterocycles. The van der Waals surface area contributed by atoms with E-state index in [-0.39, 0.29) is 11.9 Å². The van der Waals surface area contributed by atoms with E-state index in [9.17, 15) is 9.59 Å². The van der Waals surface area contributed by atoms with Crippen LogP contribution in [0.5, 0.6) is 0 Å². The topological polar surface area (TPSA) is 71.2 Å². The molecule has 0 aromatic carbocycles. The van der Waals surface area contributed by atoms with Crippen molar-refractivity contribution >= 4 is 17.8 Å². The minimum Gasteiger partial charge on any atom is -0.336 e. The number of H-pyrrole nitrogens is 1. The van der Waals surface area contributed by atoms with Gasteiger partial charge in [-0.1, -0.05) is 6.07 Å². The molecule has 2 aliphatic rings. The van der Waals surface area contributed by atoms with E-state index in [0.29, 0.717) is 19.6 Å². The van der Waals surface area contributed by atoms with Crippen LogP contribution < -0.4 is 20.1 Å². The average Bonchev–Trinajstić information content (AvgIpc) is 2.95. The number of amides is 3. The molecule has 2 saturated heterocycles. The van der Waals surface area contributed by atoms with Crippen molar-refractivity contribution < 1.29 is 19.5 Å². The van der Waals surface area contributed by atoms with Crippen molar-refractivity contribution in [2.45, 2.75) is 0 Å². The summed E-state index contributed by atoms with van der Waals surface area (Å²) in [6.45, 7) is 5.10. The summed E-state index contributed by atoms with van der Waals surface area (Å²) in [6.07, 6.45) is 1.92. The molecule has 7 heteroatoms. The third kappa shape index (κ3) is 3.13. The maximum absolute atomic E-state index is 12.1. The van der Waals surface area contributed by atoms with E-state index in [2.05, 4.69) is 21.3 Å². The van der Waals surface area contributed by atoms with Crippen molar-refractivity contribution in [3.05, 3.63) is 24.4 Å². The van der Waals surface area contributed by atoms with Gasteiger partial charge in [-0.25, -0.2) is 9.78 Å². The fraction of sp³-hybridized carbons (Fsp3) is 0.500. The Kier molecular flexibility index (Phi) is 4.01. The molecule has 3 rings (SSSR count). The zero-order valence-electron chi connectivity index (χ0n) is 12.0.